The van der Waals surface area contributed by atoms with E-state index in [9.17, 15) is 0 Å². The van der Waals surface area contributed by atoms with Crippen molar-refractivity contribution in [1.82, 2.24) is 30.0 Å². The van der Waals surface area contributed by atoms with E-state index in [1.165, 1.54) is 278 Å². The highest BCUT2D eigenvalue weighted by Gasteiger charge is 2.28. The first kappa shape index (κ1) is 58.3. The number of unbranched alkanes of at least 4 members (excludes halogenated alkanes) is 32. The van der Waals surface area contributed by atoms with Gasteiger partial charge in [-0.05, 0) is 60.4 Å². The highest BCUT2D eigenvalue weighted by molar-refractivity contribution is 7.14. The predicted molar refractivity (Wildman–Crippen MR) is 310 cm³/mol. The van der Waals surface area contributed by atoms with Crippen molar-refractivity contribution < 1.29 is 0 Å². The molecule has 0 spiro atoms. The molecule has 70 heavy (non-hydrogen) atoms. The van der Waals surface area contributed by atoms with E-state index in [1.54, 1.807) is 0 Å². The summed E-state index contributed by atoms with van der Waals surface area (Å²) < 4.78 is 4.64. The van der Waals surface area contributed by atoms with Crippen LogP contribution in [-0.4, -0.2) is 30.0 Å². The molecule has 0 saturated carbocycles. The number of aromatic nitrogens is 6. The van der Waals surface area contributed by atoms with Gasteiger partial charge in [-0.15, -0.1) is 32.9 Å². The summed E-state index contributed by atoms with van der Waals surface area (Å²) in [4.78, 5) is 2.50. The Hall–Kier alpha value is -2.58. The van der Waals surface area contributed by atoms with Gasteiger partial charge in [0.1, 0.15) is 22.1 Å². The van der Waals surface area contributed by atoms with Gasteiger partial charge in [-0.3, -0.25) is 0 Å². The van der Waals surface area contributed by atoms with Crippen molar-refractivity contribution in [3.05, 3.63) is 35.0 Å². The van der Waals surface area contributed by atoms with Crippen molar-refractivity contribution in [3.8, 4) is 20.9 Å². The van der Waals surface area contributed by atoms with Crippen LogP contribution in [0.3, 0.4) is 0 Å². The Kier molecular flexibility index (Phi) is 31.0. The summed E-state index contributed by atoms with van der Waals surface area (Å²) in [7, 11) is 0. The average Bonchev–Trinajstić information content (AvgIpc) is 4.23. The maximum absolute atomic E-state index is 5.21. The van der Waals surface area contributed by atoms with Crippen LogP contribution in [0, 0.1) is 11.8 Å². The number of hydrogen-bond acceptors (Lipinski definition) is 6. The molecule has 0 amide bonds. The van der Waals surface area contributed by atoms with Crippen LogP contribution >= 0.6 is 22.7 Å². The molecular weight excluding hydrogens is 893 g/mol. The van der Waals surface area contributed by atoms with Crippen LogP contribution < -0.4 is 0 Å². The lowest BCUT2D eigenvalue weighted by Gasteiger charge is -2.19. The molecule has 0 fully saturated rings. The molecule has 8 heteroatoms. The summed E-state index contributed by atoms with van der Waals surface area (Å²) in [5, 5.41) is 25.2. The highest BCUT2D eigenvalue weighted by Crippen LogP contribution is 2.45. The molecular formula is C62H104N6S2. The topological polar surface area (TPSA) is 61.4 Å². The van der Waals surface area contributed by atoms with Crippen LogP contribution in [0.15, 0.2) is 35.0 Å². The minimum Gasteiger partial charge on any atom is -0.244 e. The Morgan fingerprint density at radius 3 is 0.857 bits per heavy atom. The van der Waals surface area contributed by atoms with E-state index in [0.29, 0.717) is 11.8 Å². The average molecular weight is 998 g/mol. The van der Waals surface area contributed by atoms with Gasteiger partial charge in [0.05, 0.1) is 0 Å². The molecule has 0 aliphatic carbocycles. The monoisotopic (exact) mass is 997 g/mol. The standard InChI is InChI=1S/C62H104N6S2/c1-5-9-13-17-21-25-27-31-35-39-45-53(43-37-33-29-23-19-15-11-7-3)51-67-61-57(55-47-41-49-69-55)60-62(58(59(61)63-65-67)56-48-42-50-70-56)68(66-64-60)52-54(44-38-34-30-24-20-16-12-8-4)46-40-36-32-28-26-22-18-14-10-6-2/h41-42,47-50,53-54H,5-40,43-46,51-52H2,1-4H3. The number of benzene rings is 1. The second-order valence-electron chi connectivity index (χ2n) is 21.8. The van der Waals surface area contributed by atoms with Crippen LogP contribution in [-0.2, 0) is 13.1 Å². The maximum Gasteiger partial charge on any atom is 0.124 e. The molecule has 0 bridgehead atoms. The van der Waals surface area contributed by atoms with Gasteiger partial charge in [0.15, 0.2) is 0 Å². The third-order valence-corrected chi connectivity index (χ3v) is 17.5. The maximum atomic E-state index is 5.21. The Labute approximate surface area is 437 Å². The fourth-order valence-corrected chi connectivity index (χ4v) is 12.9. The van der Waals surface area contributed by atoms with E-state index in [4.69, 9.17) is 20.6 Å². The summed E-state index contributed by atoms with van der Waals surface area (Å²) in [5.74, 6) is 1.18. The molecule has 0 N–H and O–H groups in total. The summed E-state index contributed by atoms with van der Waals surface area (Å²) in [6.07, 6.45) is 54.7. The first-order chi connectivity index (χ1) is 34.7. The molecule has 394 valence electrons. The van der Waals surface area contributed by atoms with Gasteiger partial charge in [-0.2, -0.15) is 0 Å². The third-order valence-electron chi connectivity index (χ3n) is 15.7. The Morgan fingerprint density at radius 1 is 0.357 bits per heavy atom. The summed E-state index contributed by atoms with van der Waals surface area (Å²) in [6, 6.07) is 8.98. The van der Waals surface area contributed by atoms with E-state index in [-0.39, 0.29) is 0 Å². The first-order valence-corrected chi connectivity index (χ1v) is 32.2. The number of thiophene rings is 2. The van der Waals surface area contributed by atoms with Gasteiger partial charge >= 0.3 is 0 Å². The SMILES string of the molecule is CCCCCCCCCCCCC(CCCCCCCCCC)Cn1nnc2c(-c3cccs3)c3c(nnn3CC(CCCCCCCCCC)CCCCCCCCCCCC)c(-c3cccs3)c21. The molecule has 0 radical (unpaired) electrons. The van der Waals surface area contributed by atoms with Gasteiger partial charge in [-0.25, -0.2) is 9.36 Å². The highest BCUT2D eigenvalue weighted by atomic mass is 32.1. The number of fused-ring (bicyclic) bond motifs is 2. The molecule has 0 saturated heterocycles. The number of rotatable bonds is 46. The van der Waals surface area contributed by atoms with E-state index in [2.05, 4.69) is 72.1 Å². The number of nitrogens with zero attached hydrogens (tertiary/aromatic N) is 6. The van der Waals surface area contributed by atoms with Gasteiger partial charge < -0.3 is 0 Å². The zero-order valence-corrected chi connectivity index (χ0v) is 47.5. The third kappa shape index (κ3) is 21.1. The quantitative estimate of drug-likeness (QED) is 0.0365. The molecule has 4 heterocycles. The summed E-state index contributed by atoms with van der Waals surface area (Å²) >= 11 is 3.64. The molecule has 4 aromatic heterocycles. The Balaban J connectivity index is 1.38. The van der Waals surface area contributed by atoms with Crippen molar-refractivity contribution in [2.75, 3.05) is 0 Å². The molecule has 0 aliphatic rings. The lowest BCUT2D eigenvalue weighted by Crippen LogP contribution is -2.14. The minimum absolute atomic E-state index is 0.592. The molecule has 6 nitrogen and oxygen atoms in total. The van der Waals surface area contributed by atoms with Crippen LogP contribution in [0.2, 0.25) is 0 Å². The Bertz CT molecular complexity index is 1840. The van der Waals surface area contributed by atoms with Gasteiger partial charge in [0, 0.05) is 34.0 Å². The van der Waals surface area contributed by atoms with E-state index in [1.807, 2.05) is 22.7 Å². The zero-order chi connectivity index (χ0) is 49.1. The normalized spacial score (nSPS) is 12.9. The van der Waals surface area contributed by atoms with Crippen LogP contribution in [0.25, 0.3) is 42.9 Å². The lowest BCUT2D eigenvalue weighted by molar-refractivity contribution is 0.344. The van der Waals surface area contributed by atoms with Gasteiger partial charge in [0.25, 0.3) is 0 Å². The van der Waals surface area contributed by atoms with Gasteiger partial charge in [-0.1, -0.05) is 281 Å². The second kappa shape index (κ2) is 37.2. The van der Waals surface area contributed by atoms with E-state index in [0.717, 1.165) is 35.2 Å². The van der Waals surface area contributed by atoms with Crippen molar-refractivity contribution >= 4 is 44.7 Å². The fourth-order valence-electron chi connectivity index (χ4n) is 11.4. The van der Waals surface area contributed by atoms with Crippen LogP contribution in [0.4, 0.5) is 0 Å². The zero-order valence-electron chi connectivity index (χ0n) is 45.8. The largest absolute Gasteiger partial charge is 0.244 e. The predicted octanol–water partition coefficient (Wildman–Crippen LogP) is 21.5. The molecule has 2 unspecified atom stereocenters. The van der Waals surface area contributed by atoms with Gasteiger partial charge in [0.2, 0.25) is 0 Å². The fraction of sp³-hybridized carbons (Fsp3) is 0.774. The van der Waals surface area contributed by atoms with Crippen molar-refractivity contribution in [3.63, 3.8) is 0 Å². The molecule has 5 aromatic rings. The van der Waals surface area contributed by atoms with Crippen molar-refractivity contribution in [1.29, 1.82) is 0 Å². The summed E-state index contributed by atoms with van der Waals surface area (Å²) in [5.41, 5.74) is 6.76. The van der Waals surface area contributed by atoms with E-state index < -0.39 is 0 Å². The van der Waals surface area contributed by atoms with Crippen molar-refractivity contribution in [2.24, 2.45) is 11.8 Å². The molecule has 0 aliphatic heterocycles. The van der Waals surface area contributed by atoms with Crippen LogP contribution in [0.1, 0.15) is 285 Å². The molecule has 5 rings (SSSR count). The first-order valence-electron chi connectivity index (χ1n) is 30.4. The lowest BCUT2D eigenvalue weighted by atomic mass is 9.93. The summed E-state index contributed by atoms with van der Waals surface area (Å²) in [6.45, 7) is 11.1. The van der Waals surface area contributed by atoms with Crippen LogP contribution in [0.5, 0.6) is 0 Å². The van der Waals surface area contributed by atoms with E-state index >= 15 is 0 Å². The minimum atomic E-state index is 0.592. The molecule has 1 aromatic carbocycles. The smallest absolute Gasteiger partial charge is 0.124 e. The second-order valence-corrected chi connectivity index (χ2v) is 23.7. The Morgan fingerprint density at radius 2 is 0.614 bits per heavy atom. The number of hydrogen-bond donors (Lipinski definition) is 0. The van der Waals surface area contributed by atoms with Crippen molar-refractivity contribution in [2.45, 2.75) is 298 Å². The molecule has 2 atom stereocenters.